The number of ether oxygens (including phenoxy) is 1. The van der Waals surface area contributed by atoms with Crippen LogP contribution in [0.5, 0.6) is 0 Å². The van der Waals surface area contributed by atoms with E-state index in [1.54, 1.807) is 0 Å². The van der Waals surface area contributed by atoms with Gasteiger partial charge in [0.2, 0.25) is 5.89 Å². The summed E-state index contributed by atoms with van der Waals surface area (Å²) in [5.74, 6) is 1.52. The largest absolute Gasteiger partial charge is 0.381 e. The van der Waals surface area contributed by atoms with Crippen molar-refractivity contribution in [3.05, 3.63) is 11.7 Å². The Labute approximate surface area is 76.3 Å². The first-order chi connectivity index (χ1) is 6.27. The highest BCUT2D eigenvalue weighted by molar-refractivity contribution is 4.98. The molecule has 1 aliphatic heterocycles. The number of hydrogen-bond donors (Lipinski definition) is 1. The molecule has 5 nitrogen and oxygen atoms in total. The lowest BCUT2D eigenvalue weighted by Gasteiger charge is -1.98. The SMILES string of the molecule is C[C@H](N)c1nc(C2CCOC2)no1. The highest BCUT2D eigenvalue weighted by Gasteiger charge is 2.23. The van der Waals surface area contributed by atoms with Crippen LogP contribution in [0.25, 0.3) is 0 Å². The van der Waals surface area contributed by atoms with Crippen molar-refractivity contribution in [3.8, 4) is 0 Å². The van der Waals surface area contributed by atoms with E-state index < -0.39 is 0 Å². The number of aromatic nitrogens is 2. The molecule has 0 aromatic carbocycles. The Bertz CT molecular complexity index is 279. The zero-order valence-electron chi connectivity index (χ0n) is 7.56. The van der Waals surface area contributed by atoms with Crippen LogP contribution in [0.3, 0.4) is 0 Å². The predicted molar refractivity (Wildman–Crippen MR) is 45.1 cm³/mol. The van der Waals surface area contributed by atoms with Gasteiger partial charge in [0.25, 0.3) is 0 Å². The Kier molecular flexibility index (Phi) is 2.28. The summed E-state index contributed by atoms with van der Waals surface area (Å²) in [7, 11) is 0. The second-order valence-corrected chi connectivity index (χ2v) is 3.34. The fraction of sp³-hybridized carbons (Fsp3) is 0.750. The monoisotopic (exact) mass is 183 g/mol. The maximum atomic E-state index is 5.60. The minimum atomic E-state index is -0.191. The molecule has 1 unspecified atom stereocenters. The Hall–Kier alpha value is -0.940. The number of nitrogens with zero attached hydrogens (tertiary/aromatic N) is 2. The van der Waals surface area contributed by atoms with E-state index in [4.69, 9.17) is 15.0 Å². The van der Waals surface area contributed by atoms with Crippen LogP contribution in [0.2, 0.25) is 0 Å². The molecule has 0 amide bonds. The molecule has 2 heterocycles. The van der Waals surface area contributed by atoms with Crippen LogP contribution in [-0.2, 0) is 4.74 Å². The van der Waals surface area contributed by atoms with Crippen molar-refractivity contribution in [3.63, 3.8) is 0 Å². The third kappa shape index (κ3) is 1.71. The molecule has 0 saturated carbocycles. The molecule has 2 atom stereocenters. The van der Waals surface area contributed by atoms with E-state index in [9.17, 15) is 0 Å². The molecule has 5 heteroatoms. The fourth-order valence-corrected chi connectivity index (χ4v) is 1.34. The van der Waals surface area contributed by atoms with E-state index in [0.717, 1.165) is 18.9 Å². The molecule has 13 heavy (non-hydrogen) atoms. The van der Waals surface area contributed by atoms with Crippen LogP contribution < -0.4 is 5.73 Å². The van der Waals surface area contributed by atoms with E-state index >= 15 is 0 Å². The molecule has 0 spiro atoms. The molecule has 0 bridgehead atoms. The molecule has 1 saturated heterocycles. The van der Waals surface area contributed by atoms with Crippen LogP contribution >= 0.6 is 0 Å². The average Bonchev–Trinajstić information content (AvgIpc) is 2.75. The molecule has 1 fully saturated rings. The van der Waals surface area contributed by atoms with Gasteiger partial charge in [-0.15, -0.1) is 0 Å². The predicted octanol–water partition coefficient (Wildman–Crippen LogP) is 0.593. The van der Waals surface area contributed by atoms with Crippen molar-refractivity contribution in [1.82, 2.24) is 10.1 Å². The van der Waals surface area contributed by atoms with Gasteiger partial charge in [-0.05, 0) is 13.3 Å². The smallest absolute Gasteiger partial charge is 0.243 e. The average molecular weight is 183 g/mol. The molecular formula is C8H13N3O2. The van der Waals surface area contributed by atoms with Crippen molar-refractivity contribution >= 4 is 0 Å². The molecule has 2 rings (SSSR count). The highest BCUT2D eigenvalue weighted by Crippen LogP contribution is 2.23. The van der Waals surface area contributed by atoms with Gasteiger partial charge in [0.1, 0.15) is 0 Å². The first-order valence-electron chi connectivity index (χ1n) is 4.44. The van der Waals surface area contributed by atoms with E-state index in [1.807, 2.05) is 6.92 Å². The van der Waals surface area contributed by atoms with Crippen molar-refractivity contribution in [2.75, 3.05) is 13.2 Å². The molecular weight excluding hydrogens is 170 g/mol. The fourth-order valence-electron chi connectivity index (χ4n) is 1.34. The molecule has 0 radical (unpaired) electrons. The number of hydrogen-bond acceptors (Lipinski definition) is 5. The van der Waals surface area contributed by atoms with Gasteiger partial charge in [-0.1, -0.05) is 5.16 Å². The van der Waals surface area contributed by atoms with Crippen molar-refractivity contribution < 1.29 is 9.26 Å². The van der Waals surface area contributed by atoms with Gasteiger partial charge in [0.05, 0.1) is 12.6 Å². The van der Waals surface area contributed by atoms with Crippen LogP contribution in [0, 0.1) is 0 Å². The lowest BCUT2D eigenvalue weighted by molar-refractivity contribution is 0.192. The topological polar surface area (TPSA) is 74.2 Å². The van der Waals surface area contributed by atoms with Gasteiger partial charge in [0, 0.05) is 12.5 Å². The Morgan fingerprint density at radius 2 is 2.46 bits per heavy atom. The maximum absolute atomic E-state index is 5.60. The summed E-state index contributed by atoms with van der Waals surface area (Å²) in [4.78, 5) is 4.21. The van der Waals surface area contributed by atoms with Crippen molar-refractivity contribution in [2.45, 2.75) is 25.3 Å². The van der Waals surface area contributed by atoms with Crippen molar-refractivity contribution in [1.29, 1.82) is 0 Å². The van der Waals surface area contributed by atoms with E-state index in [0.29, 0.717) is 12.5 Å². The third-order valence-electron chi connectivity index (χ3n) is 2.14. The third-order valence-corrected chi connectivity index (χ3v) is 2.14. The number of rotatable bonds is 2. The first-order valence-corrected chi connectivity index (χ1v) is 4.44. The Balaban J connectivity index is 2.12. The van der Waals surface area contributed by atoms with E-state index in [1.165, 1.54) is 0 Å². The zero-order chi connectivity index (χ0) is 9.26. The highest BCUT2D eigenvalue weighted by atomic mass is 16.5. The summed E-state index contributed by atoms with van der Waals surface area (Å²) in [5, 5.41) is 3.87. The standard InChI is InChI=1S/C8H13N3O2/c1-5(9)8-10-7(11-13-8)6-2-3-12-4-6/h5-6H,2-4,9H2,1H3/t5-,6?/m0/s1. The summed E-state index contributed by atoms with van der Waals surface area (Å²) in [6.07, 6.45) is 0.970. The summed E-state index contributed by atoms with van der Waals surface area (Å²) >= 11 is 0. The zero-order valence-corrected chi connectivity index (χ0v) is 7.56. The summed E-state index contributed by atoms with van der Waals surface area (Å²) in [6.45, 7) is 3.30. The second-order valence-electron chi connectivity index (χ2n) is 3.34. The van der Waals surface area contributed by atoms with E-state index in [-0.39, 0.29) is 12.0 Å². The Morgan fingerprint density at radius 1 is 1.62 bits per heavy atom. The van der Waals surface area contributed by atoms with Gasteiger partial charge >= 0.3 is 0 Å². The Morgan fingerprint density at radius 3 is 3.00 bits per heavy atom. The van der Waals surface area contributed by atoms with Gasteiger partial charge in [-0.2, -0.15) is 4.98 Å². The van der Waals surface area contributed by atoms with Crippen LogP contribution in [0.1, 0.15) is 37.0 Å². The second kappa shape index (κ2) is 3.43. The van der Waals surface area contributed by atoms with Gasteiger partial charge in [-0.25, -0.2) is 0 Å². The minimum absolute atomic E-state index is 0.191. The van der Waals surface area contributed by atoms with Gasteiger partial charge in [0.15, 0.2) is 5.82 Å². The normalized spacial score (nSPS) is 24.9. The van der Waals surface area contributed by atoms with Crippen LogP contribution in [0.15, 0.2) is 4.52 Å². The molecule has 1 aromatic heterocycles. The number of nitrogens with two attached hydrogens (primary N) is 1. The first kappa shape index (κ1) is 8.65. The molecule has 1 aliphatic rings. The molecule has 2 N–H and O–H groups in total. The van der Waals surface area contributed by atoms with E-state index in [2.05, 4.69) is 10.1 Å². The molecule has 0 aliphatic carbocycles. The summed E-state index contributed by atoms with van der Waals surface area (Å²) in [6, 6.07) is -0.191. The minimum Gasteiger partial charge on any atom is -0.381 e. The lowest BCUT2D eigenvalue weighted by Crippen LogP contribution is -2.06. The van der Waals surface area contributed by atoms with Crippen LogP contribution in [-0.4, -0.2) is 23.4 Å². The molecule has 72 valence electrons. The van der Waals surface area contributed by atoms with Gasteiger partial charge < -0.3 is 15.0 Å². The van der Waals surface area contributed by atoms with Crippen molar-refractivity contribution in [2.24, 2.45) is 5.73 Å². The van der Waals surface area contributed by atoms with Crippen LogP contribution in [0.4, 0.5) is 0 Å². The quantitative estimate of drug-likeness (QED) is 0.726. The lowest BCUT2D eigenvalue weighted by atomic mass is 10.1. The summed E-state index contributed by atoms with van der Waals surface area (Å²) in [5.41, 5.74) is 5.60. The summed E-state index contributed by atoms with van der Waals surface area (Å²) < 4.78 is 10.2. The van der Waals surface area contributed by atoms with Gasteiger partial charge in [-0.3, -0.25) is 0 Å². The molecule has 1 aromatic rings. The maximum Gasteiger partial charge on any atom is 0.243 e.